The van der Waals surface area contributed by atoms with E-state index in [1.165, 1.54) is 25.7 Å². The van der Waals surface area contributed by atoms with E-state index in [1.807, 2.05) is 12.1 Å². The van der Waals surface area contributed by atoms with Crippen LogP contribution in [0.15, 0.2) is 24.3 Å². The normalized spacial score (nSPS) is 22.0. The number of carbonyl (C=O) groups is 1. The lowest BCUT2D eigenvalue weighted by Crippen LogP contribution is -2.43. The van der Waals surface area contributed by atoms with Crippen LogP contribution in [0, 0.1) is 11.3 Å². The highest BCUT2D eigenvalue weighted by atomic mass is 16.2. The van der Waals surface area contributed by atoms with Gasteiger partial charge in [-0.2, -0.15) is 5.26 Å². The van der Waals surface area contributed by atoms with E-state index in [2.05, 4.69) is 21.6 Å². The molecule has 1 aliphatic heterocycles. The van der Waals surface area contributed by atoms with Crippen LogP contribution in [0.5, 0.6) is 0 Å². The van der Waals surface area contributed by atoms with Gasteiger partial charge in [0.15, 0.2) is 0 Å². The van der Waals surface area contributed by atoms with Crippen molar-refractivity contribution in [3.8, 4) is 6.07 Å². The van der Waals surface area contributed by atoms with Gasteiger partial charge in [-0.25, -0.2) is 4.79 Å². The van der Waals surface area contributed by atoms with Gasteiger partial charge in [0, 0.05) is 31.7 Å². The molecule has 5 heteroatoms. The molecule has 0 radical (unpaired) electrons. The molecule has 1 heterocycles. The van der Waals surface area contributed by atoms with Crippen molar-refractivity contribution >= 4 is 6.03 Å². The van der Waals surface area contributed by atoms with E-state index in [1.54, 1.807) is 12.1 Å². The summed E-state index contributed by atoms with van der Waals surface area (Å²) in [4.78, 5) is 14.6. The average molecular weight is 312 g/mol. The highest BCUT2D eigenvalue weighted by Gasteiger charge is 2.30. The summed E-state index contributed by atoms with van der Waals surface area (Å²) in [5.41, 5.74) is 1.56. The maximum absolute atomic E-state index is 12.0. The molecule has 1 atom stereocenters. The fourth-order valence-corrected chi connectivity index (χ4v) is 3.68. The summed E-state index contributed by atoms with van der Waals surface area (Å²) in [6.07, 6.45) is 6.36. The predicted molar refractivity (Wildman–Crippen MR) is 88.8 cm³/mol. The Bertz CT molecular complexity index is 589. The Labute approximate surface area is 137 Å². The second-order valence-electron chi connectivity index (χ2n) is 6.56. The fourth-order valence-electron chi connectivity index (χ4n) is 3.68. The summed E-state index contributed by atoms with van der Waals surface area (Å²) in [6.45, 7) is 2.52. The number of hydrogen-bond acceptors (Lipinski definition) is 3. The summed E-state index contributed by atoms with van der Waals surface area (Å²) in [7, 11) is 0. The molecule has 122 valence electrons. The molecule has 1 saturated heterocycles. The summed E-state index contributed by atoms with van der Waals surface area (Å²) < 4.78 is 0. The van der Waals surface area contributed by atoms with Crippen molar-refractivity contribution in [1.29, 1.82) is 5.26 Å². The number of carbonyl (C=O) groups excluding carboxylic acids is 1. The maximum Gasteiger partial charge on any atom is 0.315 e. The number of likely N-dealkylation sites (tertiary alicyclic amines) is 1. The quantitative estimate of drug-likeness (QED) is 0.897. The third kappa shape index (κ3) is 4.23. The Morgan fingerprint density at radius 1 is 1.30 bits per heavy atom. The monoisotopic (exact) mass is 312 g/mol. The minimum atomic E-state index is -0.120. The molecule has 23 heavy (non-hydrogen) atoms. The first kappa shape index (κ1) is 15.8. The standard InChI is InChI=1S/C18H24N4O/c19-11-14-4-3-5-15(10-14)12-20-18(23)21-16-8-9-22(13-16)17-6-1-2-7-17/h3-5,10,16-17H,1-2,6-9,12-13H2,(H2,20,21,23). The second-order valence-corrected chi connectivity index (χ2v) is 6.56. The first-order valence-corrected chi connectivity index (χ1v) is 8.52. The molecule has 0 bridgehead atoms. The zero-order valence-corrected chi connectivity index (χ0v) is 13.4. The number of nitrogens with zero attached hydrogens (tertiary/aromatic N) is 2. The molecule has 1 saturated carbocycles. The smallest absolute Gasteiger partial charge is 0.315 e. The first-order valence-electron chi connectivity index (χ1n) is 8.52. The molecule has 2 N–H and O–H groups in total. The Morgan fingerprint density at radius 2 is 2.13 bits per heavy atom. The fraction of sp³-hybridized carbons (Fsp3) is 0.556. The number of nitrogens with one attached hydrogen (secondary N) is 2. The molecule has 2 fully saturated rings. The van der Waals surface area contributed by atoms with Gasteiger partial charge in [0.25, 0.3) is 0 Å². The van der Waals surface area contributed by atoms with E-state index in [9.17, 15) is 4.79 Å². The van der Waals surface area contributed by atoms with Gasteiger partial charge in [0.1, 0.15) is 0 Å². The third-order valence-corrected chi connectivity index (χ3v) is 4.91. The van der Waals surface area contributed by atoms with E-state index < -0.39 is 0 Å². The van der Waals surface area contributed by atoms with Gasteiger partial charge in [0.2, 0.25) is 0 Å². The first-order chi connectivity index (χ1) is 11.2. The lowest BCUT2D eigenvalue weighted by molar-refractivity contribution is 0.227. The van der Waals surface area contributed by atoms with Gasteiger partial charge in [-0.1, -0.05) is 25.0 Å². The van der Waals surface area contributed by atoms with E-state index in [4.69, 9.17) is 5.26 Å². The summed E-state index contributed by atoms with van der Waals surface area (Å²) in [5.74, 6) is 0. The van der Waals surface area contributed by atoms with Gasteiger partial charge < -0.3 is 10.6 Å². The third-order valence-electron chi connectivity index (χ3n) is 4.91. The summed E-state index contributed by atoms with van der Waals surface area (Å²) in [6, 6.07) is 10.3. The molecule has 1 unspecified atom stereocenters. The summed E-state index contributed by atoms with van der Waals surface area (Å²) >= 11 is 0. The molecule has 3 rings (SSSR count). The van der Waals surface area contributed by atoms with Gasteiger partial charge in [0.05, 0.1) is 11.6 Å². The van der Waals surface area contributed by atoms with Gasteiger partial charge in [-0.15, -0.1) is 0 Å². The van der Waals surface area contributed by atoms with Gasteiger partial charge in [-0.05, 0) is 37.0 Å². The number of rotatable bonds is 4. The van der Waals surface area contributed by atoms with E-state index in [-0.39, 0.29) is 12.1 Å². The van der Waals surface area contributed by atoms with Gasteiger partial charge >= 0.3 is 6.03 Å². The van der Waals surface area contributed by atoms with Crippen LogP contribution in [-0.4, -0.2) is 36.1 Å². The van der Waals surface area contributed by atoms with Crippen LogP contribution in [0.4, 0.5) is 4.79 Å². The lowest BCUT2D eigenvalue weighted by atomic mass is 10.1. The molecular weight excluding hydrogens is 288 g/mol. The second kappa shape index (κ2) is 7.47. The number of amides is 2. The molecule has 1 aromatic rings. The topological polar surface area (TPSA) is 68.2 Å². The van der Waals surface area contributed by atoms with E-state index >= 15 is 0 Å². The SMILES string of the molecule is N#Cc1cccc(CNC(=O)NC2CCN(C3CCCC3)C2)c1. The predicted octanol–water partition coefficient (Wildman–Crippen LogP) is 2.37. The number of urea groups is 1. The number of benzene rings is 1. The minimum Gasteiger partial charge on any atom is -0.334 e. The largest absolute Gasteiger partial charge is 0.334 e. The molecule has 0 aromatic heterocycles. The van der Waals surface area contributed by atoms with E-state index in [0.29, 0.717) is 12.1 Å². The van der Waals surface area contributed by atoms with Crippen molar-refractivity contribution in [1.82, 2.24) is 15.5 Å². The Morgan fingerprint density at radius 3 is 2.91 bits per heavy atom. The Balaban J connectivity index is 1.42. The van der Waals surface area contributed by atoms with Crippen LogP contribution in [0.3, 0.4) is 0 Å². The van der Waals surface area contributed by atoms with Crippen LogP contribution in [-0.2, 0) is 6.54 Å². The highest BCUT2D eigenvalue weighted by Crippen LogP contribution is 2.26. The Kier molecular flexibility index (Phi) is 5.14. The van der Waals surface area contributed by atoms with Crippen molar-refractivity contribution < 1.29 is 4.79 Å². The molecule has 2 amide bonds. The van der Waals surface area contributed by atoms with Crippen molar-refractivity contribution in [3.05, 3.63) is 35.4 Å². The van der Waals surface area contributed by atoms with Gasteiger partial charge in [-0.3, -0.25) is 4.90 Å². The van der Waals surface area contributed by atoms with Crippen LogP contribution in [0.25, 0.3) is 0 Å². The molecule has 1 aliphatic carbocycles. The highest BCUT2D eigenvalue weighted by molar-refractivity contribution is 5.74. The molecule has 5 nitrogen and oxygen atoms in total. The van der Waals surface area contributed by atoms with Crippen molar-refractivity contribution in [2.24, 2.45) is 0 Å². The zero-order chi connectivity index (χ0) is 16.1. The summed E-state index contributed by atoms with van der Waals surface area (Å²) in [5, 5.41) is 14.8. The molecule has 1 aromatic carbocycles. The van der Waals surface area contributed by atoms with Crippen molar-refractivity contribution in [2.75, 3.05) is 13.1 Å². The average Bonchev–Trinajstić information content (AvgIpc) is 3.24. The van der Waals surface area contributed by atoms with Crippen molar-refractivity contribution in [3.63, 3.8) is 0 Å². The molecule has 2 aliphatic rings. The van der Waals surface area contributed by atoms with Crippen LogP contribution >= 0.6 is 0 Å². The number of hydrogen-bond donors (Lipinski definition) is 2. The minimum absolute atomic E-state index is 0.120. The van der Waals surface area contributed by atoms with Crippen LogP contribution < -0.4 is 10.6 Å². The molecular formula is C18H24N4O. The van der Waals surface area contributed by atoms with E-state index in [0.717, 1.165) is 31.1 Å². The molecule has 0 spiro atoms. The van der Waals surface area contributed by atoms with Crippen LogP contribution in [0.1, 0.15) is 43.2 Å². The lowest BCUT2D eigenvalue weighted by Gasteiger charge is -2.23. The number of nitriles is 1. The van der Waals surface area contributed by atoms with Crippen molar-refractivity contribution in [2.45, 2.75) is 50.7 Å². The zero-order valence-electron chi connectivity index (χ0n) is 13.4. The van der Waals surface area contributed by atoms with Crippen LogP contribution in [0.2, 0.25) is 0 Å². The maximum atomic E-state index is 12.0. The Hall–Kier alpha value is -2.06.